The van der Waals surface area contributed by atoms with Crippen molar-refractivity contribution in [2.75, 3.05) is 13.7 Å². The Morgan fingerprint density at radius 2 is 1.97 bits per heavy atom. The number of hydrogen-bond acceptors (Lipinski definition) is 5. The number of aliphatic imine (C=N–C) groups is 1. The molecule has 6 nitrogen and oxygen atoms in total. The number of hydrogen-bond donors (Lipinski definition) is 2. The maximum absolute atomic E-state index is 13.2. The first-order chi connectivity index (χ1) is 13.9. The molecule has 2 aromatic carbocycles. The molecule has 0 aliphatic carbocycles. The lowest BCUT2D eigenvalue weighted by Crippen LogP contribution is -2.41. The van der Waals surface area contributed by atoms with Gasteiger partial charge in [0.1, 0.15) is 5.75 Å². The summed E-state index contributed by atoms with van der Waals surface area (Å²) < 4.78 is 29.3. The molecule has 0 saturated carbocycles. The third kappa shape index (κ3) is 3.97. The first kappa shape index (κ1) is 20.5. The van der Waals surface area contributed by atoms with Gasteiger partial charge in [0.2, 0.25) is 0 Å². The summed E-state index contributed by atoms with van der Waals surface area (Å²) in [5.74, 6) is -0.312. The van der Waals surface area contributed by atoms with E-state index in [1.807, 2.05) is 24.3 Å². The SMILES string of the molecule is CN1C(=O)[C@](c2ccc(OC(F)F)cc2)(c2cccc(/C=C/CCO)c2)N=C1N. The van der Waals surface area contributed by atoms with Crippen molar-refractivity contribution >= 4 is 17.9 Å². The molecular weight excluding hydrogens is 380 g/mol. The van der Waals surface area contributed by atoms with Crippen LogP contribution in [0.4, 0.5) is 8.78 Å². The summed E-state index contributed by atoms with van der Waals surface area (Å²) in [5.41, 5.74) is 6.40. The molecule has 1 heterocycles. The number of guanidine groups is 1. The molecule has 1 amide bonds. The second-order valence-corrected chi connectivity index (χ2v) is 6.49. The Labute approximate surface area is 166 Å². The molecule has 0 fully saturated rings. The van der Waals surface area contributed by atoms with Crippen LogP contribution in [0.5, 0.6) is 5.75 Å². The number of carbonyl (C=O) groups is 1. The van der Waals surface area contributed by atoms with E-state index in [9.17, 15) is 13.6 Å². The molecule has 0 aromatic heterocycles. The highest BCUT2D eigenvalue weighted by Gasteiger charge is 2.49. The van der Waals surface area contributed by atoms with Crippen molar-refractivity contribution in [3.63, 3.8) is 0 Å². The Bertz CT molecular complexity index is 944. The zero-order chi connectivity index (χ0) is 21.0. The molecule has 0 spiro atoms. The predicted molar refractivity (Wildman–Crippen MR) is 105 cm³/mol. The topological polar surface area (TPSA) is 88.2 Å². The average Bonchev–Trinajstić information content (AvgIpc) is 2.93. The highest BCUT2D eigenvalue weighted by atomic mass is 19.3. The Morgan fingerprint density at radius 1 is 1.24 bits per heavy atom. The van der Waals surface area contributed by atoms with E-state index in [0.717, 1.165) is 5.56 Å². The first-order valence-corrected chi connectivity index (χ1v) is 8.95. The number of aliphatic hydroxyl groups excluding tert-OH is 1. The monoisotopic (exact) mass is 401 g/mol. The number of ether oxygens (including phenoxy) is 1. The number of alkyl halides is 2. The van der Waals surface area contributed by atoms with Crippen molar-refractivity contribution in [3.8, 4) is 5.75 Å². The van der Waals surface area contributed by atoms with Crippen molar-refractivity contribution in [1.29, 1.82) is 0 Å². The molecule has 3 rings (SSSR count). The minimum absolute atomic E-state index is 0.0182. The second-order valence-electron chi connectivity index (χ2n) is 6.49. The number of nitrogens with zero attached hydrogens (tertiary/aromatic N) is 2. The highest BCUT2D eigenvalue weighted by molar-refractivity contribution is 6.09. The standard InChI is InChI=1S/C21H21F2N3O3/c1-26-18(28)21(25-20(26)24,15-8-10-17(11-9-15)29-19(22)23)16-7-4-6-14(13-16)5-2-3-12-27/h2,4-11,13,19,27H,3,12H2,1H3,(H2,24,25)/b5-2+/t21-/m0/s1. The number of nitrogens with two attached hydrogens (primary N) is 1. The lowest BCUT2D eigenvalue weighted by Gasteiger charge is -2.26. The van der Waals surface area contributed by atoms with Crippen LogP contribution in [0.15, 0.2) is 59.6 Å². The summed E-state index contributed by atoms with van der Waals surface area (Å²) in [7, 11) is 1.53. The number of likely N-dealkylation sites (N-methyl/N-ethyl adjacent to an activating group) is 1. The summed E-state index contributed by atoms with van der Waals surface area (Å²) in [6.07, 6.45) is 4.17. The van der Waals surface area contributed by atoms with Gasteiger partial charge in [-0.25, -0.2) is 4.99 Å². The molecule has 152 valence electrons. The second kappa shape index (κ2) is 8.40. The van der Waals surface area contributed by atoms with Crippen LogP contribution in [0, 0.1) is 0 Å². The van der Waals surface area contributed by atoms with Crippen LogP contribution in [0.1, 0.15) is 23.1 Å². The number of halogens is 2. The van der Waals surface area contributed by atoms with Crippen molar-refractivity contribution in [2.24, 2.45) is 10.7 Å². The van der Waals surface area contributed by atoms with Crippen LogP contribution in [0.25, 0.3) is 6.08 Å². The van der Waals surface area contributed by atoms with Crippen molar-refractivity contribution in [3.05, 3.63) is 71.3 Å². The van der Waals surface area contributed by atoms with Crippen molar-refractivity contribution in [2.45, 2.75) is 18.6 Å². The Morgan fingerprint density at radius 3 is 2.55 bits per heavy atom. The normalized spacial score (nSPS) is 19.3. The van der Waals surface area contributed by atoms with Gasteiger partial charge in [0.25, 0.3) is 5.91 Å². The Hall–Kier alpha value is -3.26. The molecule has 0 unspecified atom stereocenters. The summed E-state index contributed by atoms with van der Waals surface area (Å²) in [5, 5.41) is 8.94. The maximum Gasteiger partial charge on any atom is 0.387 e. The number of aliphatic hydroxyl groups is 1. The van der Waals surface area contributed by atoms with Gasteiger partial charge in [0.15, 0.2) is 11.5 Å². The van der Waals surface area contributed by atoms with Gasteiger partial charge in [0.05, 0.1) is 0 Å². The third-order valence-electron chi connectivity index (χ3n) is 4.65. The average molecular weight is 401 g/mol. The predicted octanol–water partition coefficient (Wildman–Crippen LogP) is 2.71. The molecule has 1 atom stereocenters. The molecule has 1 aliphatic rings. The van der Waals surface area contributed by atoms with Crippen LogP contribution in [0.3, 0.4) is 0 Å². The molecule has 29 heavy (non-hydrogen) atoms. The van der Waals surface area contributed by atoms with E-state index in [-0.39, 0.29) is 24.2 Å². The van der Waals surface area contributed by atoms with Crippen LogP contribution < -0.4 is 10.5 Å². The zero-order valence-electron chi connectivity index (χ0n) is 15.8. The van der Waals surface area contributed by atoms with Gasteiger partial charge in [-0.1, -0.05) is 42.5 Å². The Kier molecular flexibility index (Phi) is 5.93. The highest BCUT2D eigenvalue weighted by Crippen LogP contribution is 2.40. The molecular formula is C21H21F2N3O3. The number of benzene rings is 2. The summed E-state index contributed by atoms with van der Waals surface area (Å²) in [4.78, 5) is 18.9. The van der Waals surface area contributed by atoms with Gasteiger partial charge in [-0.3, -0.25) is 9.69 Å². The van der Waals surface area contributed by atoms with Gasteiger partial charge >= 0.3 is 6.61 Å². The molecule has 3 N–H and O–H groups in total. The molecule has 8 heteroatoms. The number of carbonyl (C=O) groups excluding carboxylic acids is 1. The quantitative estimate of drug-likeness (QED) is 0.747. The molecule has 2 aromatic rings. The fourth-order valence-corrected chi connectivity index (χ4v) is 3.22. The van der Waals surface area contributed by atoms with Crippen molar-refractivity contribution in [1.82, 2.24) is 4.90 Å². The summed E-state index contributed by atoms with van der Waals surface area (Å²) >= 11 is 0. The maximum atomic E-state index is 13.2. The van der Waals surface area contributed by atoms with Gasteiger partial charge in [0, 0.05) is 13.7 Å². The fraction of sp³-hybridized carbons (Fsp3) is 0.238. The van der Waals surface area contributed by atoms with E-state index in [2.05, 4.69) is 9.73 Å². The summed E-state index contributed by atoms with van der Waals surface area (Å²) in [6.45, 7) is -2.90. The van der Waals surface area contributed by atoms with Crippen LogP contribution >= 0.6 is 0 Å². The van der Waals surface area contributed by atoms with Crippen LogP contribution in [0.2, 0.25) is 0 Å². The minimum atomic E-state index is -2.94. The van der Waals surface area contributed by atoms with Crippen LogP contribution in [-0.2, 0) is 10.3 Å². The van der Waals surface area contributed by atoms with E-state index in [4.69, 9.17) is 10.8 Å². The summed E-state index contributed by atoms with van der Waals surface area (Å²) in [6, 6.07) is 13.0. The van der Waals surface area contributed by atoms with E-state index in [1.165, 1.54) is 36.2 Å². The van der Waals surface area contributed by atoms with Crippen molar-refractivity contribution < 1.29 is 23.4 Å². The Balaban J connectivity index is 2.09. The largest absolute Gasteiger partial charge is 0.435 e. The van der Waals surface area contributed by atoms with E-state index in [1.54, 1.807) is 12.1 Å². The lowest BCUT2D eigenvalue weighted by molar-refractivity contribution is -0.129. The van der Waals surface area contributed by atoms with E-state index in [0.29, 0.717) is 17.5 Å². The molecule has 0 radical (unpaired) electrons. The number of amides is 1. The molecule has 0 bridgehead atoms. The van der Waals surface area contributed by atoms with Gasteiger partial charge in [-0.2, -0.15) is 8.78 Å². The van der Waals surface area contributed by atoms with Gasteiger partial charge in [-0.05, 0) is 41.3 Å². The minimum Gasteiger partial charge on any atom is -0.435 e. The van der Waals surface area contributed by atoms with Gasteiger partial charge < -0.3 is 15.6 Å². The third-order valence-corrected chi connectivity index (χ3v) is 4.65. The van der Waals surface area contributed by atoms with Gasteiger partial charge in [-0.15, -0.1) is 0 Å². The lowest BCUT2D eigenvalue weighted by atomic mass is 9.82. The molecule has 0 saturated heterocycles. The first-order valence-electron chi connectivity index (χ1n) is 8.95. The van der Waals surface area contributed by atoms with E-state index < -0.39 is 12.2 Å². The fourth-order valence-electron chi connectivity index (χ4n) is 3.22. The number of rotatable bonds is 7. The van der Waals surface area contributed by atoms with E-state index >= 15 is 0 Å². The smallest absolute Gasteiger partial charge is 0.387 e. The molecule has 1 aliphatic heterocycles. The zero-order valence-corrected chi connectivity index (χ0v) is 15.8. The van der Waals surface area contributed by atoms with Crippen LogP contribution in [-0.4, -0.2) is 42.1 Å².